The number of nitrogens with one attached hydrogen (secondary N) is 1. The summed E-state index contributed by atoms with van der Waals surface area (Å²) >= 11 is 6.34. The number of morpholine rings is 1. The molecule has 2 aliphatic rings. The standard InChI is InChI=1S/C20H28ClN7O2/c1-26-3-5-27(6-4-26)17-12-18(29-2)16(11-15(17)22)24-20-23-13-14(21)19(25-20)28-7-9-30-10-8-28/h11-13H,3-10,22H2,1-2H3,(H,23,24,25). The Morgan fingerprint density at radius 2 is 1.83 bits per heavy atom. The molecule has 30 heavy (non-hydrogen) atoms. The van der Waals surface area contributed by atoms with Gasteiger partial charge in [-0.25, -0.2) is 4.98 Å². The summed E-state index contributed by atoms with van der Waals surface area (Å²) in [5.74, 6) is 1.81. The summed E-state index contributed by atoms with van der Waals surface area (Å²) in [7, 11) is 3.78. The van der Waals surface area contributed by atoms with Gasteiger partial charge in [0.1, 0.15) is 10.8 Å². The molecule has 0 radical (unpaired) electrons. The third-order valence-electron chi connectivity index (χ3n) is 5.48. The van der Waals surface area contributed by atoms with Gasteiger partial charge in [0.15, 0.2) is 5.82 Å². The molecular formula is C20H28ClN7O2. The van der Waals surface area contributed by atoms with Crippen LogP contribution in [0, 0.1) is 0 Å². The van der Waals surface area contributed by atoms with Crippen molar-refractivity contribution in [3.8, 4) is 5.75 Å². The minimum absolute atomic E-state index is 0.436. The molecule has 4 rings (SSSR count). The van der Waals surface area contributed by atoms with E-state index >= 15 is 0 Å². The average Bonchev–Trinajstić information content (AvgIpc) is 2.77. The van der Waals surface area contributed by atoms with Gasteiger partial charge >= 0.3 is 0 Å². The van der Waals surface area contributed by atoms with Crippen molar-refractivity contribution < 1.29 is 9.47 Å². The number of likely N-dealkylation sites (N-methyl/N-ethyl adjacent to an activating group) is 1. The number of aromatic nitrogens is 2. The number of hydrogen-bond donors (Lipinski definition) is 2. The maximum absolute atomic E-state index is 6.40. The third-order valence-corrected chi connectivity index (χ3v) is 5.74. The molecule has 2 aromatic rings. The number of rotatable bonds is 5. The minimum Gasteiger partial charge on any atom is -0.494 e. The van der Waals surface area contributed by atoms with Gasteiger partial charge in [-0.05, 0) is 13.1 Å². The van der Waals surface area contributed by atoms with E-state index in [1.54, 1.807) is 13.3 Å². The first kappa shape index (κ1) is 20.8. The van der Waals surface area contributed by atoms with Crippen LogP contribution < -0.4 is 25.6 Å². The lowest BCUT2D eigenvalue weighted by molar-refractivity contribution is 0.122. The zero-order chi connectivity index (χ0) is 21.1. The summed E-state index contributed by atoms with van der Waals surface area (Å²) < 4.78 is 11.0. The molecule has 3 N–H and O–H groups in total. The van der Waals surface area contributed by atoms with E-state index in [2.05, 4.69) is 37.0 Å². The Morgan fingerprint density at radius 3 is 2.53 bits per heavy atom. The second-order valence-electron chi connectivity index (χ2n) is 7.49. The fraction of sp³-hybridized carbons (Fsp3) is 0.500. The number of benzene rings is 1. The highest BCUT2D eigenvalue weighted by molar-refractivity contribution is 6.32. The zero-order valence-corrected chi connectivity index (χ0v) is 18.2. The molecule has 0 saturated carbocycles. The highest BCUT2D eigenvalue weighted by atomic mass is 35.5. The number of piperazine rings is 1. The van der Waals surface area contributed by atoms with Crippen LogP contribution >= 0.6 is 11.6 Å². The molecule has 2 aliphatic heterocycles. The number of nitrogen functional groups attached to an aromatic ring is 1. The number of halogens is 1. The van der Waals surface area contributed by atoms with Gasteiger partial charge in [0, 0.05) is 45.3 Å². The summed E-state index contributed by atoms with van der Waals surface area (Å²) in [6.07, 6.45) is 1.61. The van der Waals surface area contributed by atoms with Crippen LogP contribution in [0.3, 0.4) is 0 Å². The third kappa shape index (κ3) is 4.48. The fourth-order valence-corrected chi connectivity index (χ4v) is 3.92. The van der Waals surface area contributed by atoms with E-state index in [1.165, 1.54) is 0 Å². The minimum atomic E-state index is 0.436. The maximum Gasteiger partial charge on any atom is 0.229 e. The van der Waals surface area contributed by atoms with Crippen LogP contribution in [0.15, 0.2) is 18.3 Å². The van der Waals surface area contributed by atoms with Crippen molar-refractivity contribution in [3.63, 3.8) is 0 Å². The molecule has 1 aromatic heterocycles. The highest BCUT2D eigenvalue weighted by Crippen LogP contribution is 2.37. The second kappa shape index (κ2) is 9.11. The molecule has 0 atom stereocenters. The largest absolute Gasteiger partial charge is 0.494 e. The topological polar surface area (TPSA) is 92.0 Å². The van der Waals surface area contributed by atoms with Gasteiger partial charge in [-0.15, -0.1) is 0 Å². The second-order valence-corrected chi connectivity index (χ2v) is 7.90. The predicted molar refractivity (Wildman–Crippen MR) is 120 cm³/mol. The number of methoxy groups -OCH3 is 1. The Kier molecular flexibility index (Phi) is 6.31. The molecule has 3 heterocycles. The van der Waals surface area contributed by atoms with E-state index in [4.69, 9.17) is 26.8 Å². The van der Waals surface area contributed by atoms with Crippen molar-refractivity contribution in [1.29, 1.82) is 0 Å². The number of ether oxygens (including phenoxy) is 2. The predicted octanol–water partition coefficient (Wildman–Crippen LogP) is 2.05. The van der Waals surface area contributed by atoms with E-state index in [0.717, 1.165) is 45.0 Å². The first-order chi connectivity index (χ1) is 14.5. The lowest BCUT2D eigenvalue weighted by atomic mass is 10.2. The van der Waals surface area contributed by atoms with Gasteiger partial charge in [-0.3, -0.25) is 0 Å². The fourth-order valence-electron chi connectivity index (χ4n) is 3.71. The van der Waals surface area contributed by atoms with Gasteiger partial charge in [-0.1, -0.05) is 11.6 Å². The molecule has 0 spiro atoms. The van der Waals surface area contributed by atoms with Crippen molar-refractivity contribution in [1.82, 2.24) is 14.9 Å². The Bertz CT molecular complexity index is 884. The van der Waals surface area contributed by atoms with E-state index in [9.17, 15) is 0 Å². The Hall–Kier alpha value is -2.49. The average molecular weight is 434 g/mol. The Morgan fingerprint density at radius 1 is 1.10 bits per heavy atom. The highest BCUT2D eigenvalue weighted by Gasteiger charge is 2.20. The van der Waals surface area contributed by atoms with Crippen LogP contribution in [-0.4, -0.2) is 81.5 Å². The normalized spacial score (nSPS) is 17.8. The van der Waals surface area contributed by atoms with Gasteiger partial charge in [-0.2, -0.15) is 4.98 Å². The first-order valence-corrected chi connectivity index (χ1v) is 10.5. The van der Waals surface area contributed by atoms with Gasteiger partial charge in [0.25, 0.3) is 0 Å². The summed E-state index contributed by atoms with van der Waals surface area (Å²) in [5.41, 5.74) is 8.78. The van der Waals surface area contributed by atoms with Crippen LogP contribution in [0.1, 0.15) is 0 Å². The molecule has 2 fully saturated rings. The maximum atomic E-state index is 6.40. The van der Waals surface area contributed by atoms with Crippen molar-refractivity contribution >= 4 is 40.4 Å². The lowest BCUT2D eigenvalue weighted by Crippen LogP contribution is -2.44. The Labute approximate surface area is 181 Å². The monoisotopic (exact) mass is 433 g/mol. The van der Waals surface area contributed by atoms with Crippen LogP contribution in [0.2, 0.25) is 5.02 Å². The molecule has 2 saturated heterocycles. The summed E-state index contributed by atoms with van der Waals surface area (Å²) in [6.45, 7) is 6.66. The summed E-state index contributed by atoms with van der Waals surface area (Å²) in [4.78, 5) is 15.6. The molecule has 10 heteroatoms. The lowest BCUT2D eigenvalue weighted by Gasteiger charge is -2.35. The van der Waals surface area contributed by atoms with Gasteiger partial charge in [0.05, 0.1) is 43.6 Å². The number of nitrogens with zero attached hydrogens (tertiary/aromatic N) is 5. The van der Waals surface area contributed by atoms with Crippen LogP contribution in [-0.2, 0) is 4.74 Å². The van der Waals surface area contributed by atoms with Crippen molar-refractivity contribution in [3.05, 3.63) is 23.4 Å². The van der Waals surface area contributed by atoms with E-state index < -0.39 is 0 Å². The number of anilines is 5. The molecule has 0 amide bonds. The molecule has 0 unspecified atom stereocenters. The number of nitrogens with two attached hydrogens (primary N) is 1. The smallest absolute Gasteiger partial charge is 0.229 e. The van der Waals surface area contributed by atoms with Crippen LogP contribution in [0.4, 0.5) is 28.8 Å². The van der Waals surface area contributed by atoms with Gasteiger partial charge < -0.3 is 35.2 Å². The summed E-state index contributed by atoms with van der Waals surface area (Å²) in [5, 5.41) is 3.75. The van der Waals surface area contributed by atoms with Crippen molar-refractivity contribution in [2.75, 3.05) is 87.5 Å². The summed E-state index contributed by atoms with van der Waals surface area (Å²) in [6, 6.07) is 3.85. The number of hydrogen-bond acceptors (Lipinski definition) is 9. The van der Waals surface area contributed by atoms with Crippen LogP contribution in [0.25, 0.3) is 0 Å². The Balaban J connectivity index is 1.58. The van der Waals surface area contributed by atoms with Crippen molar-refractivity contribution in [2.24, 2.45) is 0 Å². The molecule has 9 nitrogen and oxygen atoms in total. The first-order valence-electron chi connectivity index (χ1n) is 10.1. The van der Waals surface area contributed by atoms with E-state index in [-0.39, 0.29) is 0 Å². The van der Waals surface area contributed by atoms with Gasteiger partial charge in [0.2, 0.25) is 5.95 Å². The molecule has 162 valence electrons. The molecule has 1 aromatic carbocycles. The quantitative estimate of drug-likeness (QED) is 0.687. The molecule has 0 bridgehead atoms. The SMILES string of the molecule is COc1cc(N2CCN(C)CC2)c(N)cc1Nc1ncc(Cl)c(N2CCOCC2)n1. The van der Waals surface area contributed by atoms with E-state index in [0.29, 0.717) is 47.1 Å². The van der Waals surface area contributed by atoms with Crippen molar-refractivity contribution in [2.45, 2.75) is 0 Å². The van der Waals surface area contributed by atoms with Crippen LogP contribution in [0.5, 0.6) is 5.75 Å². The van der Waals surface area contributed by atoms with E-state index in [1.807, 2.05) is 12.1 Å². The molecule has 0 aliphatic carbocycles. The molecular weight excluding hydrogens is 406 g/mol. The zero-order valence-electron chi connectivity index (χ0n) is 17.4.